The molecule has 194 valence electrons. The zero-order chi connectivity index (χ0) is 27.4. The summed E-state index contributed by atoms with van der Waals surface area (Å²) in [6, 6.07) is 13.9. The SMILES string of the molecule is COc1cc(/C=C2/C(=O)NC(=O)N(c3ccc(O)cc3)C2=O)cc(Cl)c1OCC(=O)Nc1ccccc1Cl. The number of rotatable bonds is 7. The van der Waals surface area contributed by atoms with Gasteiger partial charge in [0.05, 0.1) is 28.5 Å². The van der Waals surface area contributed by atoms with Crippen LogP contribution in [0.15, 0.2) is 66.2 Å². The molecule has 10 nitrogen and oxygen atoms in total. The number of carbonyl (C=O) groups excluding carboxylic acids is 4. The number of barbiturate groups is 1. The third-order valence-electron chi connectivity index (χ3n) is 5.27. The highest BCUT2D eigenvalue weighted by Crippen LogP contribution is 2.37. The molecule has 12 heteroatoms. The van der Waals surface area contributed by atoms with Gasteiger partial charge in [0.1, 0.15) is 11.3 Å². The van der Waals surface area contributed by atoms with E-state index in [-0.39, 0.29) is 33.5 Å². The molecule has 0 aromatic heterocycles. The van der Waals surface area contributed by atoms with Gasteiger partial charge in [-0.25, -0.2) is 9.69 Å². The van der Waals surface area contributed by atoms with Gasteiger partial charge in [0.15, 0.2) is 18.1 Å². The molecule has 4 rings (SSSR count). The number of hydrogen-bond donors (Lipinski definition) is 3. The van der Waals surface area contributed by atoms with E-state index in [9.17, 15) is 24.3 Å². The van der Waals surface area contributed by atoms with Crippen LogP contribution >= 0.6 is 23.2 Å². The summed E-state index contributed by atoms with van der Waals surface area (Å²) in [5.41, 5.74) is 0.512. The molecule has 0 bridgehead atoms. The number of halogens is 2. The van der Waals surface area contributed by atoms with Crippen molar-refractivity contribution >= 4 is 64.4 Å². The molecule has 0 aliphatic carbocycles. The van der Waals surface area contributed by atoms with Gasteiger partial charge >= 0.3 is 6.03 Å². The third-order valence-corrected chi connectivity index (χ3v) is 5.88. The standard InChI is InChI=1S/C26H19Cl2N3O7/c1-37-21-12-14(11-19(28)23(21)38-13-22(33)29-20-5-3-2-4-18(20)27)10-17-24(34)30-26(36)31(25(17)35)15-6-8-16(32)9-7-15/h2-12,32H,13H2,1H3,(H,29,33)(H,30,34,36)/b17-10-. The number of ether oxygens (including phenoxy) is 2. The zero-order valence-corrected chi connectivity index (χ0v) is 21.2. The average Bonchev–Trinajstić information content (AvgIpc) is 2.88. The molecule has 0 spiro atoms. The van der Waals surface area contributed by atoms with Gasteiger partial charge in [-0.1, -0.05) is 35.3 Å². The number of imide groups is 2. The van der Waals surface area contributed by atoms with Crippen molar-refractivity contribution in [3.05, 3.63) is 81.8 Å². The first-order valence-corrected chi connectivity index (χ1v) is 11.7. The van der Waals surface area contributed by atoms with E-state index in [4.69, 9.17) is 32.7 Å². The first kappa shape index (κ1) is 26.5. The number of methoxy groups -OCH3 is 1. The summed E-state index contributed by atoms with van der Waals surface area (Å²) in [4.78, 5) is 51.0. The van der Waals surface area contributed by atoms with Crippen LogP contribution in [0.3, 0.4) is 0 Å². The minimum absolute atomic E-state index is 0.0388. The summed E-state index contributed by atoms with van der Waals surface area (Å²) in [6.45, 7) is -0.410. The molecular formula is C26H19Cl2N3O7. The van der Waals surface area contributed by atoms with Crippen molar-refractivity contribution in [3.8, 4) is 17.2 Å². The van der Waals surface area contributed by atoms with Crippen LogP contribution in [-0.4, -0.2) is 42.6 Å². The van der Waals surface area contributed by atoms with E-state index in [0.29, 0.717) is 16.3 Å². The van der Waals surface area contributed by atoms with Gasteiger partial charge in [-0.15, -0.1) is 0 Å². The van der Waals surface area contributed by atoms with Crippen LogP contribution in [0.4, 0.5) is 16.2 Å². The number of nitrogens with one attached hydrogen (secondary N) is 2. The minimum Gasteiger partial charge on any atom is -0.508 e. The van der Waals surface area contributed by atoms with Crippen molar-refractivity contribution in [1.29, 1.82) is 0 Å². The Bertz CT molecular complexity index is 1470. The largest absolute Gasteiger partial charge is 0.508 e. The van der Waals surface area contributed by atoms with Crippen molar-refractivity contribution in [2.24, 2.45) is 0 Å². The predicted octanol–water partition coefficient (Wildman–Crippen LogP) is 4.39. The maximum absolute atomic E-state index is 13.1. The number of phenolic OH excluding ortho intramolecular Hbond substituents is 1. The Balaban J connectivity index is 1.56. The quantitative estimate of drug-likeness (QED) is 0.290. The van der Waals surface area contributed by atoms with Crippen LogP contribution in [0.5, 0.6) is 17.2 Å². The number of urea groups is 1. The molecule has 1 fully saturated rings. The number of benzene rings is 3. The van der Waals surface area contributed by atoms with E-state index < -0.39 is 30.4 Å². The molecule has 0 unspecified atom stereocenters. The zero-order valence-electron chi connectivity index (χ0n) is 19.7. The van der Waals surface area contributed by atoms with E-state index in [2.05, 4.69) is 10.6 Å². The predicted molar refractivity (Wildman–Crippen MR) is 141 cm³/mol. The van der Waals surface area contributed by atoms with Crippen LogP contribution < -0.4 is 25.0 Å². The van der Waals surface area contributed by atoms with Crippen molar-refractivity contribution in [1.82, 2.24) is 5.32 Å². The van der Waals surface area contributed by atoms with Gasteiger partial charge in [0, 0.05) is 0 Å². The van der Waals surface area contributed by atoms with Crippen LogP contribution in [0.2, 0.25) is 10.0 Å². The van der Waals surface area contributed by atoms with Gasteiger partial charge in [0.2, 0.25) is 0 Å². The Labute approximate surface area is 226 Å². The van der Waals surface area contributed by atoms with E-state index in [1.54, 1.807) is 24.3 Å². The highest BCUT2D eigenvalue weighted by molar-refractivity contribution is 6.39. The Morgan fingerprint density at radius 3 is 2.45 bits per heavy atom. The maximum atomic E-state index is 13.1. The second-order valence-corrected chi connectivity index (χ2v) is 8.64. The van der Waals surface area contributed by atoms with Crippen LogP contribution in [0.1, 0.15) is 5.56 Å². The lowest BCUT2D eigenvalue weighted by Gasteiger charge is -2.26. The maximum Gasteiger partial charge on any atom is 0.335 e. The van der Waals surface area contributed by atoms with Gasteiger partial charge in [-0.05, 0) is 60.2 Å². The van der Waals surface area contributed by atoms with Crippen LogP contribution in [0, 0.1) is 0 Å². The molecule has 3 aromatic carbocycles. The normalized spacial score (nSPS) is 14.3. The lowest BCUT2D eigenvalue weighted by atomic mass is 10.1. The fourth-order valence-corrected chi connectivity index (χ4v) is 3.97. The molecule has 1 heterocycles. The highest BCUT2D eigenvalue weighted by atomic mass is 35.5. The fourth-order valence-electron chi connectivity index (χ4n) is 3.51. The summed E-state index contributed by atoms with van der Waals surface area (Å²) in [5, 5.41) is 14.6. The lowest BCUT2D eigenvalue weighted by molar-refractivity contribution is -0.122. The lowest BCUT2D eigenvalue weighted by Crippen LogP contribution is -2.54. The molecule has 5 amide bonds. The summed E-state index contributed by atoms with van der Waals surface area (Å²) in [7, 11) is 1.35. The van der Waals surface area contributed by atoms with Crippen molar-refractivity contribution in [2.75, 3.05) is 23.9 Å². The molecule has 0 atom stereocenters. The molecule has 0 radical (unpaired) electrons. The number of hydrogen-bond acceptors (Lipinski definition) is 7. The van der Waals surface area contributed by atoms with Gasteiger partial charge in [0.25, 0.3) is 17.7 Å². The first-order valence-electron chi connectivity index (χ1n) is 10.9. The molecule has 1 saturated heterocycles. The smallest absolute Gasteiger partial charge is 0.335 e. The molecular weight excluding hydrogens is 537 g/mol. The second-order valence-electron chi connectivity index (χ2n) is 7.83. The molecule has 1 aliphatic heterocycles. The molecule has 3 N–H and O–H groups in total. The number of nitrogens with zero attached hydrogens (tertiary/aromatic N) is 1. The van der Waals surface area contributed by atoms with Crippen LogP contribution in [0.25, 0.3) is 6.08 Å². The summed E-state index contributed by atoms with van der Waals surface area (Å²) in [6.07, 6.45) is 1.24. The third kappa shape index (κ3) is 5.72. The van der Waals surface area contributed by atoms with Crippen molar-refractivity contribution in [3.63, 3.8) is 0 Å². The number of para-hydroxylation sites is 1. The first-order chi connectivity index (χ1) is 18.2. The van der Waals surface area contributed by atoms with E-state index in [0.717, 1.165) is 4.90 Å². The number of anilines is 2. The summed E-state index contributed by atoms with van der Waals surface area (Å²) in [5.74, 6) is -2.14. The number of aromatic hydroxyl groups is 1. The molecule has 38 heavy (non-hydrogen) atoms. The van der Waals surface area contributed by atoms with E-state index in [1.165, 1.54) is 49.6 Å². The topological polar surface area (TPSA) is 134 Å². The molecule has 3 aromatic rings. The number of amides is 5. The summed E-state index contributed by atoms with van der Waals surface area (Å²) >= 11 is 12.4. The van der Waals surface area contributed by atoms with Gasteiger partial charge < -0.3 is 19.9 Å². The van der Waals surface area contributed by atoms with Crippen LogP contribution in [-0.2, 0) is 14.4 Å². The number of carbonyl (C=O) groups is 4. The molecule has 0 saturated carbocycles. The second kappa shape index (κ2) is 11.2. The summed E-state index contributed by atoms with van der Waals surface area (Å²) < 4.78 is 10.9. The fraction of sp³-hybridized carbons (Fsp3) is 0.0769. The van der Waals surface area contributed by atoms with Crippen molar-refractivity contribution in [2.45, 2.75) is 0 Å². The monoisotopic (exact) mass is 555 g/mol. The molecule has 1 aliphatic rings. The average molecular weight is 556 g/mol. The Morgan fingerprint density at radius 2 is 1.76 bits per heavy atom. The Morgan fingerprint density at radius 1 is 1.05 bits per heavy atom. The number of phenols is 1. The minimum atomic E-state index is -0.933. The van der Waals surface area contributed by atoms with Gasteiger partial charge in [-0.2, -0.15) is 0 Å². The Kier molecular flexibility index (Phi) is 7.85. The van der Waals surface area contributed by atoms with E-state index >= 15 is 0 Å². The van der Waals surface area contributed by atoms with E-state index in [1.807, 2.05) is 0 Å². The Hall–Kier alpha value is -4.54. The highest BCUT2D eigenvalue weighted by Gasteiger charge is 2.37. The van der Waals surface area contributed by atoms with Gasteiger partial charge in [-0.3, -0.25) is 19.7 Å². The van der Waals surface area contributed by atoms with Crippen molar-refractivity contribution < 1.29 is 33.8 Å².